The molecule has 1 nitrogen and oxygen atoms in total. The molecule has 0 amide bonds. The Balaban J connectivity index is 2.45. The van der Waals surface area contributed by atoms with Crippen LogP contribution < -0.4 is 5.32 Å². The molecule has 3 unspecified atom stereocenters. The third-order valence-corrected chi connectivity index (χ3v) is 2.94. The molecule has 0 aromatic heterocycles. The molecule has 1 heteroatoms. The molecule has 0 heterocycles. The van der Waals surface area contributed by atoms with Crippen molar-refractivity contribution in [3.05, 3.63) is 0 Å². The lowest BCUT2D eigenvalue weighted by molar-refractivity contribution is 0.254. The summed E-state index contributed by atoms with van der Waals surface area (Å²) in [5.74, 6) is 4.41. The first kappa shape index (κ1) is 9.61. The van der Waals surface area contributed by atoms with Crippen LogP contribution in [-0.2, 0) is 0 Å². The SMILES string of the molecule is C#CC(NC)C1CCCC(C)C1. The highest BCUT2D eigenvalue weighted by Gasteiger charge is 2.24. The molecule has 1 aliphatic carbocycles. The van der Waals surface area contributed by atoms with Gasteiger partial charge in [-0.05, 0) is 31.7 Å². The van der Waals surface area contributed by atoms with Crippen LogP contribution in [0.2, 0.25) is 0 Å². The minimum atomic E-state index is 0.299. The van der Waals surface area contributed by atoms with Crippen LogP contribution in [0.3, 0.4) is 0 Å². The van der Waals surface area contributed by atoms with E-state index in [-0.39, 0.29) is 0 Å². The van der Waals surface area contributed by atoms with Crippen molar-refractivity contribution < 1.29 is 0 Å². The Morgan fingerprint density at radius 2 is 2.25 bits per heavy atom. The molecule has 0 aromatic carbocycles. The Morgan fingerprint density at radius 1 is 1.50 bits per heavy atom. The van der Waals surface area contributed by atoms with Gasteiger partial charge in [0, 0.05) is 0 Å². The zero-order valence-electron chi connectivity index (χ0n) is 8.14. The van der Waals surface area contributed by atoms with Crippen molar-refractivity contribution in [2.24, 2.45) is 11.8 Å². The summed E-state index contributed by atoms with van der Waals surface area (Å²) in [6.07, 6.45) is 10.8. The third kappa shape index (κ3) is 2.25. The predicted molar refractivity (Wildman–Crippen MR) is 52.8 cm³/mol. The van der Waals surface area contributed by atoms with E-state index in [1.54, 1.807) is 0 Å². The average molecular weight is 165 g/mol. The molecular weight excluding hydrogens is 146 g/mol. The largest absolute Gasteiger partial charge is 0.307 e. The van der Waals surface area contributed by atoms with E-state index in [9.17, 15) is 0 Å². The summed E-state index contributed by atoms with van der Waals surface area (Å²) < 4.78 is 0. The van der Waals surface area contributed by atoms with E-state index in [4.69, 9.17) is 6.42 Å². The van der Waals surface area contributed by atoms with Crippen molar-refractivity contribution in [2.75, 3.05) is 7.05 Å². The van der Waals surface area contributed by atoms with Crippen LogP contribution in [0.1, 0.15) is 32.6 Å². The summed E-state index contributed by atoms with van der Waals surface area (Å²) in [7, 11) is 1.96. The highest BCUT2D eigenvalue weighted by molar-refractivity contribution is 5.02. The van der Waals surface area contributed by atoms with Crippen LogP contribution in [0.25, 0.3) is 0 Å². The standard InChI is InChI=1S/C11H19N/c1-4-11(12-3)10-7-5-6-9(2)8-10/h1,9-12H,5-8H2,2-3H3. The summed E-state index contributed by atoms with van der Waals surface area (Å²) in [4.78, 5) is 0. The van der Waals surface area contributed by atoms with Gasteiger partial charge in [0.05, 0.1) is 6.04 Å². The van der Waals surface area contributed by atoms with Gasteiger partial charge in [0.15, 0.2) is 0 Å². The molecule has 68 valence electrons. The maximum Gasteiger partial charge on any atom is 0.0713 e. The van der Waals surface area contributed by atoms with Gasteiger partial charge in [-0.1, -0.05) is 25.7 Å². The Hall–Kier alpha value is -0.480. The van der Waals surface area contributed by atoms with Crippen molar-refractivity contribution in [3.63, 3.8) is 0 Å². The monoisotopic (exact) mass is 165 g/mol. The normalized spacial score (nSPS) is 32.4. The number of rotatable bonds is 2. The van der Waals surface area contributed by atoms with Crippen LogP contribution in [0, 0.1) is 24.2 Å². The smallest absolute Gasteiger partial charge is 0.0713 e. The van der Waals surface area contributed by atoms with E-state index in [2.05, 4.69) is 18.2 Å². The van der Waals surface area contributed by atoms with Gasteiger partial charge in [-0.3, -0.25) is 0 Å². The first-order valence-electron chi connectivity index (χ1n) is 4.91. The maximum atomic E-state index is 5.45. The van der Waals surface area contributed by atoms with Gasteiger partial charge in [0.1, 0.15) is 0 Å². The van der Waals surface area contributed by atoms with Crippen LogP contribution in [0.15, 0.2) is 0 Å². The van der Waals surface area contributed by atoms with E-state index in [0.717, 1.165) is 5.92 Å². The van der Waals surface area contributed by atoms with Gasteiger partial charge in [0.2, 0.25) is 0 Å². The van der Waals surface area contributed by atoms with Crippen LogP contribution in [-0.4, -0.2) is 13.1 Å². The van der Waals surface area contributed by atoms with Crippen molar-refractivity contribution >= 4 is 0 Å². The molecule has 1 N–H and O–H groups in total. The van der Waals surface area contributed by atoms with Crippen molar-refractivity contribution in [1.29, 1.82) is 0 Å². The van der Waals surface area contributed by atoms with Crippen molar-refractivity contribution in [3.8, 4) is 12.3 Å². The summed E-state index contributed by atoms with van der Waals surface area (Å²) in [6, 6.07) is 0.299. The highest BCUT2D eigenvalue weighted by atomic mass is 14.9. The molecule has 1 rings (SSSR count). The summed E-state index contributed by atoms with van der Waals surface area (Å²) in [5.41, 5.74) is 0. The quantitative estimate of drug-likeness (QED) is 0.617. The molecule has 0 saturated heterocycles. The Morgan fingerprint density at radius 3 is 2.75 bits per heavy atom. The second-order valence-electron chi connectivity index (χ2n) is 3.96. The molecule has 0 bridgehead atoms. The van der Waals surface area contributed by atoms with E-state index in [1.807, 2.05) is 7.05 Å². The fraction of sp³-hybridized carbons (Fsp3) is 0.818. The molecule has 0 aliphatic heterocycles. The zero-order valence-corrected chi connectivity index (χ0v) is 8.14. The van der Waals surface area contributed by atoms with Crippen LogP contribution >= 0.6 is 0 Å². The van der Waals surface area contributed by atoms with Crippen molar-refractivity contribution in [2.45, 2.75) is 38.6 Å². The molecular formula is C11H19N. The Bertz CT molecular complexity index is 168. The molecule has 0 aromatic rings. The van der Waals surface area contributed by atoms with Gasteiger partial charge in [-0.2, -0.15) is 0 Å². The van der Waals surface area contributed by atoms with Gasteiger partial charge in [-0.25, -0.2) is 0 Å². The lowest BCUT2D eigenvalue weighted by atomic mass is 9.79. The third-order valence-electron chi connectivity index (χ3n) is 2.94. The first-order valence-corrected chi connectivity index (χ1v) is 4.91. The molecule has 3 atom stereocenters. The molecule has 1 aliphatic rings. The van der Waals surface area contributed by atoms with Crippen molar-refractivity contribution in [1.82, 2.24) is 5.32 Å². The number of hydrogen-bond donors (Lipinski definition) is 1. The maximum absolute atomic E-state index is 5.45. The Kier molecular flexibility index (Phi) is 3.62. The van der Waals surface area contributed by atoms with Gasteiger partial charge < -0.3 is 5.32 Å². The number of nitrogens with one attached hydrogen (secondary N) is 1. The molecule has 0 spiro atoms. The summed E-state index contributed by atoms with van der Waals surface area (Å²) in [6.45, 7) is 2.33. The van der Waals surface area contributed by atoms with Gasteiger partial charge in [0.25, 0.3) is 0 Å². The predicted octanol–water partition coefficient (Wildman–Crippen LogP) is 2.03. The number of terminal acetylenes is 1. The molecule has 12 heavy (non-hydrogen) atoms. The van der Waals surface area contributed by atoms with Gasteiger partial charge >= 0.3 is 0 Å². The lowest BCUT2D eigenvalue weighted by Crippen LogP contribution is -2.34. The summed E-state index contributed by atoms with van der Waals surface area (Å²) in [5, 5.41) is 3.21. The second-order valence-corrected chi connectivity index (χ2v) is 3.96. The highest BCUT2D eigenvalue weighted by Crippen LogP contribution is 2.30. The number of hydrogen-bond acceptors (Lipinski definition) is 1. The Labute approximate surface area is 75.9 Å². The first-order chi connectivity index (χ1) is 5.77. The fourth-order valence-electron chi connectivity index (χ4n) is 2.24. The molecule has 1 saturated carbocycles. The van der Waals surface area contributed by atoms with E-state index >= 15 is 0 Å². The minimum absolute atomic E-state index is 0.299. The molecule has 0 radical (unpaired) electrons. The zero-order chi connectivity index (χ0) is 8.97. The average Bonchev–Trinajstić information content (AvgIpc) is 2.07. The van der Waals surface area contributed by atoms with Gasteiger partial charge in [-0.15, -0.1) is 6.42 Å². The molecule has 1 fully saturated rings. The minimum Gasteiger partial charge on any atom is -0.307 e. The van der Waals surface area contributed by atoms with E-state index in [1.165, 1.54) is 25.7 Å². The fourth-order valence-corrected chi connectivity index (χ4v) is 2.24. The summed E-state index contributed by atoms with van der Waals surface area (Å²) >= 11 is 0. The second kappa shape index (κ2) is 4.52. The lowest BCUT2D eigenvalue weighted by Gasteiger charge is -2.30. The topological polar surface area (TPSA) is 12.0 Å². The van der Waals surface area contributed by atoms with E-state index < -0.39 is 0 Å². The van der Waals surface area contributed by atoms with Crippen LogP contribution in [0.4, 0.5) is 0 Å². The van der Waals surface area contributed by atoms with E-state index in [0.29, 0.717) is 12.0 Å². The van der Waals surface area contributed by atoms with Crippen LogP contribution in [0.5, 0.6) is 0 Å².